The fourth-order valence-electron chi connectivity index (χ4n) is 3.50. The maximum atomic E-state index is 12.6. The Balaban J connectivity index is 1.60. The van der Waals surface area contributed by atoms with Gasteiger partial charge in [-0.25, -0.2) is 4.68 Å². The van der Waals surface area contributed by atoms with Crippen LogP contribution < -0.4 is 5.32 Å². The van der Waals surface area contributed by atoms with Crippen LogP contribution in [-0.4, -0.2) is 20.8 Å². The van der Waals surface area contributed by atoms with Crippen molar-refractivity contribution in [2.24, 2.45) is 0 Å². The maximum Gasteiger partial charge on any atom is 0.290 e. The highest BCUT2D eigenvalue weighted by atomic mass is 16.5. The third kappa shape index (κ3) is 3.53. The lowest BCUT2D eigenvalue weighted by Crippen LogP contribution is -2.26. The molecule has 2 aromatic heterocycles. The summed E-state index contributed by atoms with van der Waals surface area (Å²) in [4.78, 5) is 12.6. The van der Waals surface area contributed by atoms with Gasteiger partial charge in [-0.1, -0.05) is 55.4 Å². The van der Waals surface area contributed by atoms with E-state index in [2.05, 4.69) is 39.8 Å². The summed E-state index contributed by atoms with van der Waals surface area (Å²) < 4.78 is 7.12. The molecule has 6 heteroatoms. The molecule has 0 saturated carbocycles. The van der Waals surface area contributed by atoms with Crippen LogP contribution in [0.4, 0.5) is 0 Å². The van der Waals surface area contributed by atoms with Gasteiger partial charge in [0.15, 0.2) is 0 Å². The fourth-order valence-corrected chi connectivity index (χ4v) is 3.50. The normalized spacial score (nSPS) is 12.4. The summed E-state index contributed by atoms with van der Waals surface area (Å²) in [5.41, 5.74) is 3.72. The van der Waals surface area contributed by atoms with E-state index in [4.69, 9.17) is 4.52 Å². The van der Waals surface area contributed by atoms with Crippen LogP contribution in [0, 0.1) is 6.92 Å². The molecular weight excluding hydrogens is 364 g/mol. The van der Waals surface area contributed by atoms with E-state index in [-0.39, 0.29) is 23.6 Å². The summed E-state index contributed by atoms with van der Waals surface area (Å²) in [6.07, 6.45) is 1.81. The number of hydrogen-bond acceptors (Lipinski definition) is 4. The minimum absolute atomic E-state index is 0.207. The van der Waals surface area contributed by atoms with E-state index in [0.717, 1.165) is 33.4 Å². The Bertz CT molecular complexity index is 1170. The van der Waals surface area contributed by atoms with Crippen LogP contribution in [0.3, 0.4) is 0 Å². The van der Waals surface area contributed by atoms with Gasteiger partial charge in [-0.05, 0) is 31.2 Å². The van der Waals surface area contributed by atoms with E-state index in [0.29, 0.717) is 0 Å². The molecular formula is C23H24N4O2. The predicted molar refractivity (Wildman–Crippen MR) is 112 cm³/mol. The van der Waals surface area contributed by atoms with Crippen LogP contribution in [0.25, 0.3) is 16.5 Å². The van der Waals surface area contributed by atoms with Crippen molar-refractivity contribution in [3.8, 4) is 5.69 Å². The number of nitrogens with zero attached hydrogens (tertiary/aromatic N) is 3. The first-order valence-corrected chi connectivity index (χ1v) is 9.76. The molecule has 2 aromatic carbocycles. The maximum absolute atomic E-state index is 12.6. The van der Waals surface area contributed by atoms with Gasteiger partial charge >= 0.3 is 0 Å². The third-order valence-electron chi connectivity index (χ3n) is 5.20. The molecule has 0 aliphatic heterocycles. The van der Waals surface area contributed by atoms with E-state index < -0.39 is 0 Å². The van der Waals surface area contributed by atoms with Crippen molar-refractivity contribution in [2.75, 3.05) is 0 Å². The number of hydrogen-bond donors (Lipinski definition) is 1. The van der Waals surface area contributed by atoms with Crippen LogP contribution in [0.2, 0.25) is 0 Å². The molecule has 0 aliphatic carbocycles. The highest BCUT2D eigenvalue weighted by Crippen LogP contribution is 2.26. The van der Waals surface area contributed by atoms with E-state index in [9.17, 15) is 4.79 Å². The van der Waals surface area contributed by atoms with Crippen LogP contribution in [0.15, 0.2) is 59.3 Å². The second kappa shape index (κ2) is 7.54. The highest BCUT2D eigenvalue weighted by Gasteiger charge is 2.20. The molecule has 0 saturated heterocycles. The zero-order valence-electron chi connectivity index (χ0n) is 17.0. The average molecular weight is 388 g/mol. The molecule has 2 heterocycles. The smallest absolute Gasteiger partial charge is 0.290 e. The molecule has 1 atom stereocenters. The lowest BCUT2D eigenvalue weighted by Gasteiger charge is -2.14. The second-order valence-corrected chi connectivity index (χ2v) is 7.56. The summed E-state index contributed by atoms with van der Waals surface area (Å²) in [6, 6.07) is 15.9. The first-order chi connectivity index (χ1) is 14.0. The Morgan fingerprint density at radius 3 is 2.62 bits per heavy atom. The third-order valence-corrected chi connectivity index (χ3v) is 5.20. The fraction of sp³-hybridized carbons (Fsp3) is 0.261. The van der Waals surface area contributed by atoms with E-state index in [1.165, 1.54) is 0 Å². The minimum atomic E-state index is -0.283. The van der Waals surface area contributed by atoms with E-state index in [1.54, 1.807) is 6.07 Å². The van der Waals surface area contributed by atoms with Gasteiger partial charge in [0.25, 0.3) is 5.91 Å². The molecule has 0 bridgehead atoms. The SMILES string of the molecule is Cc1c([C@@H](C)NC(=O)c2cc(C(C)C)no2)cnn1-c1cccc2ccccc12. The van der Waals surface area contributed by atoms with Gasteiger partial charge in [0.2, 0.25) is 5.76 Å². The highest BCUT2D eigenvalue weighted by molar-refractivity contribution is 5.92. The van der Waals surface area contributed by atoms with Crippen molar-refractivity contribution in [2.45, 2.75) is 39.7 Å². The quantitative estimate of drug-likeness (QED) is 0.526. The molecule has 6 nitrogen and oxygen atoms in total. The number of carbonyl (C=O) groups excluding carboxylic acids is 1. The number of nitrogens with one attached hydrogen (secondary N) is 1. The molecule has 0 unspecified atom stereocenters. The standard InChI is InChI=1S/C23H24N4O2/c1-14(2)20-12-22(29-26-20)23(28)25-15(3)19-13-24-27(16(19)4)21-11-7-9-17-8-5-6-10-18(17)21/h5-15H,1-4H3,(H,25,28)/t15-/m1/s1. The van der Waals surface area contributed by atoms with Crippen LogP contribution in [0.5, 0.6) is 0 Å². The lowest BCUT2D eigenvalue weighted by molar-refractivity contribution is 0.0902. The molecule has 0 spiro atoms. The van der Waals surface area contributed by atoms with Crippen molar-refractivity contribution in [3.63, 3.8) is 0 Å². The van der Waals surface area contributed by atoms with Crippen molar-refractivity contribution in [3.05, 3.63) is 77.4 Å². The summed E-state index contributed by atoms with van der Waals surface area (Å²) >= 11 is 0. The number of rotatable bonds is 5. The monoisotopic (exact) mass is 388 g/mol. The van der Waals surface area contributed by atoms with Gasteiger partial charge in [-0.2, -0.15) is 5.10 Å². The first kappa shape index (κ1) is 18.9. The molecule has 148 valence electrons. The largest absolute Gasteiger partial charge is 0.351 e. The number of benzene rings is 2. The van der Waals surface area contributed by atoms with Gasteiger partial charge < -0.3 is 9.84 Å². The Morgan fingerprint density at radius 2 is 1.86 bits per heavy atom. The zero-order chi connectivity index (χ0) is 20.5. The van der Waals surface area contributed by atoms with Crippen molar-refractivity contribution < 1.29 is 9.32 Å². The average Bonchev–Trinajstić information content (AvgIpc) is 3.35. The first-order valence-electron chi connectivity index (χ1n) is 9.76. The Morgan fingerprint density at radius 1 is 1.10 bits per heavy atom. The van der Waals surface area contributed by atoms with Crippen LogP contribution >= 0.6 is 0 Å². The number of aromatic nitrogens is 3. The topological polar surface area (TPSA) is 73.0 Å². The lowest BCUT2D eigenvalue weighted by atomic mass is 10.1. The van der Waals surface area contributed by atoms with Gasteiger partial charge in [0.05, 0.1) is 23.6 Å². The molecule has 0 radical (unpaired) electrons. The molecule has 4 rings (SSSR count). The summed E-state index contributed by atoms with van der Waals surface area (Å²) in [5, 5.41) is 13.8. The van der Waals surface area contributed by atoms with Crippen molar-refractivity contribution in [1.82, 2.24) is 20.3 Å². The van der Waals surface area contributed by atoms with Gasteiger partial charge in [-0.3, -0.25) is 4.79 Å². The van der Waals surface area contributed by atoms with Crippen molar-refractivity contribution in [1.29, 1.82) is 0 Å². The van der Waals surface area contributed by atoms with E-state index >= 15 is 0 Å². The molecule has 0 aliphatic rings. The van der Waals surface area contributed by atoms with Gasteiger partial charge in [0.1, 0.15) is 0 Å². The number of fused-ring (bicyclic) bond motifs is 1. The molecule has 1 amide bonds. The summed E-state index contributed by atoms with van der Waals surface area (Å²) in [6.45, 7) is 7.97. The molecule has 29 heavy (non-hydrogen) atoms. The summed E-state index contributed by atoms with van der Waals surface area (Å²) in [7, 11) is 0. The van der Waals surface area contributed by atoms with Gasteiger partial charge in [-0.15, -0.1) is 0 Å². The van der Waals surface area contributed by atoms with Crippen LogP contribution in [-0.2, 0) is 0 Å². The summed E-state index contributed by atoms with van der Waals surface area (Å²) in [5.74, 6) is 0.146. The van der Waals surface area contributed by atoms with Crippen LogP contribution in [0.1, 0.15) is 60.2 Å². The van der Waals surface area contributed by atoms with E-state index in [1.807, 2.05) is 56.8 Å². The predicted octanol–water partition coefficient (Wildman–Crippen LogP) is 4.94. The number of amides is 1. The second-order valence-electron chi connectivity index (χ2n) is 7.56. The zero-order valence-corrected chi connectivity index (χ0v) is 17.0. The van der Waals surface area contributed by atoms with Crippen molar-refractivity contribution >= 4 is 16.7 Å². The Labute approximate surface area is 169 Å². The molecule has 4 aromatic rings. The molecule has 0 fully saturated rings. The molecule has 1 N–H and O–H groups in total. The number of carbonyl (C=O) groups is 1. The van der Waals surface area contributed by atoms with Gasteiger partial charge in [0, 0.05) is 22.7 Å². The Kier molecular flexibility index (Phi) is 4.92. The Hall–Kier alpha value is -3.41. The minimum Gasteiger partial charge on any atom is -0.351 e.